The van der Waals surface area contributed by atoms with Gasteiger partial charge in [-0.15, -0.1) is 0 Å². The van der Waals surface area contributed by atoms with Crippen LogP contribution >= 0.6 is 0 Å². The fourth-order valence-electron chi connectivity index (χ4n) is 1.74. The predicted molar refractivity (Wildman–Crippen MR) is 78.3 cm³/mol. The molecule has 6 nitrogen and oxygen atoms in total. The van der Waals surface area contributed by atoms with Crippen molar-refractivity contribution >= 4 is 5.82 Å². The van der Waals surface area contributed by atoms with Gasteiger partial charge in [0.25, 0.3) is 0 Å². The van der Waals surface area contributed by atoms with E-state index in [2.05, 4.69) is 21.4 Å². The number of anilines is 1. The highest BCUT2D eigenvalue weighted by molar-refractivity contribution is 5.45. The lowest BCUT2D eigenvalue weighted by Gasteiger charge is -2.10. The van der Waals surface area contributed by atoms with E-state index in [1.165, 1.54) is 0 Å². The smallest absolute Gasteiger partial charge is 0.224 e. The first kappa shape index (κ1) is 14.8. The molecule has 0 aliphatic heterocycles. The molecular formula is C15H16N4O2. The summed E-state index contributed by atoms with van der Waals surface area (Å²) in [6.07, 6.45) is 0. The molecule has 0 aliphatic carbocycles. The van der Waals surface area contributed by atoms with Gasteiger partial charge in [-0.1, -0.05) is 6.07 Å². The van der Waals surface area contributed by atoms with E-state index in [-0.39, 0.29) is 0 Å². The molecule has 21 heavy (non-hydrogen) atoms. The molecule has 1 aromatic carbocycles. The van der Waals surface area contributed by atoms with Gasteiger partial charge in [-0.2, -0.15) is 10.2 Å². The van der Waals surface area contributed by atoms with Gasteiger partial charge in [0.2, 0.25) is 5.88 Å². The van der Waals surface area contributed by atoms with Crippen LogP contribution in [0.4, 0.5) is 5.82 Å². The minimum Gasteiger partial charge on any atom is -0.439 e. The standard InChI is InChI=1S/C15H16N4O2/c1-10-4-5-11(8-16)6-12(10)21-15-7-13(17-2)18-14(19-15)9-20-3/h4-7H,9H2,1-3H3,(H,17,18,19). The van der Waals surface area contributed by atoms with Crippen LogP contribution in [0, 0.1) is 18.3 Å². The van der Waals surface area contributed by atoms with E-state index in [1.54, 1.807) is 32.4 Å². The van der Waals surface area contributed by atoms with E-state index in [0.717, 1.165) is 5.56 Å². The van der Waals surface area contributed by atoms with Crippen molar-refractivity contribution in [2.24, 2.45) is 0 Å². The van der Waals surface area contributed by atoms with Crippen molar-refractivity contribution in [1.82, 2.24) is 9.97 Å². The molecule has 1 aromatic heterocycles. The number of rotatable bonds is 5. The summed E-state index contributed by atoms with van der Waals surface area (Å²) < 4.78 is 10.8. The van der Waals surface area contributed by atoms with Gasteiger partial charge in [-0.3, -0.25) is 0 Å². The van der Waals surface area contributed by atoms with E-state index in [0.29, 0.717) is 35.4 Å². The lowest BCUT2D eigenvalue weighted by molar-refractivity contribution is 0.177. The van der Waals surface area contributed by atoms with Gasteiger partial charge < -0.3 is 14.8 Å². The zero-order valence-electron chi connectivity index (χ0n) is 12.2. The second-order valence-electron chi connectivity index (χ2n) is 4.38. The molecule has 0 spiro atoms. The molecule has 0 atom stereocenters. The lowest BCUT2D eigenvalue weighted by Crippen LogP contribution is -2.03. The summed E-state index contributed by atoms with van der Waals surface area (Å²) in [4.78, 5) is 8.54. The average Bonchev–Trinajstić information content (AvgIpc) is 2.49. The Labute approximate surface area is 123 Å². The highest BCUT2D eigenvalue weighted by atomic mass is 16.5. The molecule has 0 radical (unpaired) electrons. The number of hydrogen-bond donors (Lipinski definition) is 1. The third kappa shape index (κ3) is 3.68. The van der Waals surface area contributed by atoms with Crippen molar-refractivity contribution in [3.05, 3.63) is 41.2 Å². The number of ether oxygens (including phenoxy) is 2. The first-order valence-electron chi connectivity index (χ1n) is 6.39. The fraction of sp³-hybridized carbons (Fsp3) is 0.267. The molecular weight excluding hydrogens is 268 g/mol. The molecule has 1 heterocycles. The number of nitrogens with zero attached hydrogens (tertiary/aromatic N) is 3. The first-order chi connectivity index (χ1) is 10.2. The van der Waals surface area contributed by atoms with Crippen LogP contribution in [0.5, 0.6) is 11.6 Å². The van der Waals surface area contributed by atoms with Crippen molar-refractivity contribution in [1.29, 1.82) is 5.26 Å². The second kappa shape index (κ2) is 6.68. The van der Waals surface area contributed by atoms with Crippen LogP contribution in [0.25, 0.3) is 0 Å². The van der Waals surface area contributed by atoms with E-state index in [4.69, 9.17) is 14.7 Å². The molecule has 0 bridgehead atoms. The van der Waals surface area contributed by atoms with Crippen LogP contribution in [-0.4, -0.2) is 24.1 Å². The molecule has 0 aliphatic rings. The number of hydrogen-bond acceptors (Lipinski definition) is 6. The number of methoxy groups -OCH3 is 1. The summed E-state index contributed by atoms with van der Waals surface area (Å²) in [6.45, 7) is 2.20. The van der Waals surface area contributed by atoms with E-state index in [1.807, 2.05) is 13.0 Å². The molecule has 0 saturated heterocycles. The van der Waals surface area contributed by atoms with Crippen molar-refractivity contribution < 1.29 is 9.47 Å². The summed E-state index contributed by atoms with van der Waals surface area (Å²) in [5.74, 6) is 2.16. The molecule has 0 unspecified atom stereocenters. The van der Waals surface area contributed by atoms with Crippen LogP contribution in [0.15, 0.2) is 24.3 Å². The highest BCUT2D eigenvalue weighted by Crippen LogP contribution is 2.26. The fourth-order valence-corrected chi connectivity index (χ4v) is 1.74. The zero-order valence-corrected chi connectivity index (χ0v) is 12.2. The van der Waals surface area contributed by atoms with Gasteiger partial charge in [0.1, 0.15) is 18.2 Å². The Morgan fingerprint density at radius 2 is 2.10 bits per heavy atom. The highest BCUT2D eigenvalue weighted by Gasteiger charge is 2.08. The number of aromatic nitrogens is 2. The minimum atomic E-state index is 0.295. The van der Waals surface area contributed by atoms with Crippen LogP contribution in [0.3, 0.4) is 0 Å². The second-order valence-corrected chi connectivity index (χ2v) is 4.38. The third-order valence-corrected chi connectivity index (χ3v) is 2.81. The van der Waals surface area contributed by atoms with Crippen molar-refractivity contribution in [2.45, 2.75) is 13.5 Å². The molecule has 0 amide bonds. The summed E-state index contributed by atoms with van der Waals surface area (Å²) in [7, 11) is 3.35. The van der Waals surface area contributed by atoms with Crippen molar-refractivity contribution in [3.8, 4) is 17.7 Å². The number of aryl methyl sites for hydroxylation is 1. The quantitative estimate of drug-likeness (QED) is 0.909. The lowest BCUT2D eigenvalue weighted by atomic mass is 10.1. The summed E-state index contributed by atoms with van der Waals surface area (Å²) >= 11 is 0. The molecule has 0 saturated carbocycles. The maximum absolute atomic E-state index is 8.96. The maximum Gasteiger partial charge on any atom is 0.224 e. The Bertz CT molecular complexity index is 680. The largest absolute Gasteiger partial charge is 0.439 e. The van der Waals surface area contributed by atoms with Crippen molar-refractivity contribution in [3.63, 3.8) is 0 Å². The first-order valence-corrected chi connectivity index (χ1v) is 6.39. The summed E-state index contributed by atoms with van der Waals surface area (Å²) in [6, 6.07) is 9.05. The summed E-state index contributed by atoms with van der Waals surface area (Å²) in [5, 5.41) is 11.9. The SMILES string of the molecule is CNc1cc(Oc2cc(C#N)ccc2C)nc(COC)n1. The minimum absolute atomic E-state index is 0.295. The Balaban J connectivity index is 2.34. The van der Waals surface area contributed by atoms with Crippen molar-refractivity contribution in [2.75, 3.05) is 19.5 Å². The van der Waals surface area contributed by atoms with Crippen LogP contribution in [0.1, 0.15) is 17.0 Å². The van der Waals surface area contributed by atoms with Crippen LogP contribution in [-0.2, 0) is 11.3 Å². The van der Waals surface area contributed by atoms with Gasteiger partial charge >= 0.3 is 0 Å². The van der Waals surface area contributed by atoms with Gasteiger partial charge in [0.15, 0.2) is 5.82 Å². The Hall–Kier alpha value is -2.65. The Kier molecular flexibility index (Phi) is 4.69. The molecule has 2 aromatic rings. The maximum atomic E-state index is 8.96. The van der Waals surface area contributed by atoms with Gasteiger partial charge in [-0.05, 0) is 24.6 Å². The predicted octanol–water partition coefficient (Wildman–Crippen LogP) is 2.64. The zero-order chi connectivity index (χ0) is 15.2. The molecule has 1 N–H and O–H groups in total. The Morgan fingerprint density at radius 1 is 1.29 bits per heavy atom. The average molecular weight is 284 g/mol. The molecule has 108 valence electrons. The van der Waals surface area contributed by atoms with Gasteiger partial charge in [-0.25, -0.2) is 4.98 Å². The van der Waals surface area contributed by atoms with E-state index >= 15 is 0 Å². The van der Waals surface area contributed by atoms with E-state index < -0.39 is 0 Å². The number of nitriles is 1. The monoisotopic (exact) mass is 284 g/mol. The van der Waals surface area contributed by atoms with Gasteiger partial charge in [0.05, 0.1) is 11.6 Å². The number of nitrogens with one attached hydrogen (secondary N) is 1. The number of benzene rings is 1. The summed E-state index contributed by atoms with van der Waals surface area (Å²) in [5.41, 5.74) is 1.46. The molecule has 2 rings (SSSR count). The third-order valence-electron chi connectivity index (χ3n) is 2.81. The van der Waals surface area contributed by atoms with E-state index in [9.17, 15) is 0 Å². The normalized spacial score (nSPS) is 10.0. The van der Waals surface area contributed by atoms with Crippen LogP contribution in [0.2, 0.25) is 0 Å². The topological polar surface area (TPSA) is 80.1 Å². The van der Waals surface area contributed by atoms with Gasteiger partial charge in [0, 0.05) is 20.2 Å². The van der Waals surface area contributed by atoms with Crippen LogP contribution < -0.4 is 10.1 Å². The Morgan fingerprint density at radius 3 is 2.76 bits per heavy atom. The molecule has 6 heteroatoms. The molecule has 0 fully saturated rings.